The van der Waals surface area contributed by atoms with Crippen LogP contribution in [0.15, 0.2) is 29.2 Å². The van der Waals surface area contributed by atoms with Crippen molar-refractivity contribution >= 4 is 15.9 Å². The molecule has 5 nitrogen and oxygen atoms in total. The van der Waals surface area contributed by atoms with Gasteiger partial charge < -0.3 is 4.90 Å². The fourth-order valence-electron chi connectivity index (χ4n) is 2.88. The maximum atomic E-state index is 12.6. The van der Waals surface area contributed by atoms with Gasteiger partial charge in [0, 0.05) is 18.7 Å². The first-order valence-electron chi connectivity index (χ1n) is 7.36. The third-order valence-corrected chi connectivity index (χ3v) is 4.83. The molecule has 0 radical (unpaired) electrons. The van der Waals surface area contributed by atoms with Crippen LogP contribution in [0.4, 0.5) is 0 Å². The van der Waals surface area contributed by atoms with Crippen LogP contribution in [-0.2, 0) is 22.9 Å². The molecule has 1 aromatic rings. The van der Waals surface area contributed by atoms with Gasteiger partial charge in [-0.15, -0.1) is 0 Å². The molecule has 1 aliphatic rings. The molecule has 0 saturated heterocycles. The van der Waals surface area contributed by atoms with Crippen molar-refractivity contribution in [1.82, 2.24) is 4.90 Å². The highest BCUT2D eigenvalue weighted by Gasteiger charge is 2.25. The average molecular weight is 322 g/mol. The molecule has 0 heterocycles. The number of rotatable bonds is 5. The molecule has 120 valence electrons. The number of primary sulfonamides is 1. The Morgan fingerprint density at radius 3 is 2.59 bits per heavy atom. The smallest absolute Gasteiger partial charge is 0.254 e. The predicted molar refractivity (Wildman–Crippen MR) is 86.2 cm³/mol. The highest BCUT2D eigenvalue weighted by atomic mass is 32.2. The lowest BCUT2D eigenvalue weighted by atomic mass is 10.1. The van der Waals surface area contributed by atoms with Crippen molar-refractivity contribution in [2.24, 2.45) is 5.14 Å². The van der Waals surface area contributed by atoms with E-state index in [1.165, 1.54) is 6.07 Å². The molecule has 0 bridgehead atoms. The van der Waals surface area contributed by atoms with Gasteiger partial charge in [-0.2, -0.15) is 0 Å². The minimum atomic E-state index is -3.83. The van der Waals surface area contributed by atoms with Gasteiger partial charge in [0.2, 0.25) is 10.0 Å². The number of amides is 1. The van der Waals surface area contributed by atoms with Crippen molar-refractivity contribution in [3.05, 3.63) is 41.0 Å². The Hall–Kier alpha value is -1.66. The molecular weight excluding hydrogens is 300 g/mol. The van der Waals surface area contributed by atoms with Crippen molar-refractivity contribution in [2.75, 3.05) is 13.1 Å². The largest absolute Gasteiger partial charge is 0.335 e. The van der Waals surface area contributed by atoms with E-state index in [1.54, 1.807) is 11.0 Å². The standard InChI is InChI=1S/C16H22N2O3S/c1-4-18(10-11(2)3)16(19)13-8-12-6-5-7-14(12)15(9-13)22(17,20)21/h8-9H,2,4-7,10H2,1,3H3,(H2,17,20,21). The Balaban J connectivity index is 2.48. The van der Waals surface area contributed by atoms with Crippen molar-refractivity contribution < 1.29 is 13.2 Å². The molecule has 0 aromatic heterocycles. The topological polar surface area (TPSA) is 80.5 Å². The molecular formula is C16H22N2O3S. The zero-order valence-corrected chi connectivity index (χ0v) is 13.9. The molecule has 1 aliphatic carbocycles. The number of aryl methyl sites for hydroxylation is 1. The Kier molecular flexibility index (Phi) is 4.72. The van der Waals surface area contributed by atoms with Gasteiger partial charge in [0.25, 0.3) is 5.91 Å². The van der Waals surface area contributed by atoms with E-state index in [-0.39, 0.29) is 10.8 Å². The lowest BCUT2D eigenvalue weighted by Crippen LogP contribution is -2.32. The number of sulfonamides is 1. The highest BCUT2D eigenvalue weighted by molar-refractivity contribution is 7.89. The normalized spacial score (nSPS) is 13.8. The fourth-order valence-corrected chi connectivity index (χ4v) is 3.75. The van der Waals surface area contributed by atoms with Crippen LogP contribution in [-0.4, -0.2) is 32.3 Å². The molecule has 22 heavy (non-hydrogen) atoms. The maximum Gasteiger partial charge on any atom is 0.254 e. The van der Waals surface area contributed by atoms with E-state index in [2.05, 4.69) is 6.58 Å². The molecule has 0 unspecified atom stereocenters. The van der Waals surface area contributed by atoms with Crippen LogP contribution >= 0.6 is 0 Å². The minimum Gasteiger partial charge on any atom is -0.335 e. The lowest BCUT2D eigenvalue weighted by Gasteiger charge is -2.22. The van der Waals surface area contributed by atoms with Crippen LogP contribution < -0.4 is 5.14 Å². The number of nitrogens with zero attached hydrogens (tertiary/aromatic N) is 1. The van der Waals surface area contributed by atoms with E-state index >= 15 is 0 Å². The number of fused-ring (bicyclic) bond motifs is 1. The Morgan fingerprint density at radius 2 is 2.05 bits per heavy atom. The number of carbonyl (C=O) groups excluding carboxylic acids is 1. The Labute approximate surface area is 131 Å². The number of hydrogen-bond acceptors (Lipinski definition) is 3. The molecule has 0 aliphatic heterocycles. The van der Waals surface area contributed by atoms with Crippen molar-refractivity contribution in [1.29, 1.82) is 0 Å². The summed E-state index contributed by atoms with van der Waals surface area (Å²) < 4.78 is 23.6. The first kappa shape index (κ1) is 16.7. The number of hydrogen-bond donors (Lipinski definition) is 1. The van der Waals surface area contributed by atoms with Gasteiger partial charge in [0.05, 0.1) is 4.90 Å². The molecule has 0 atom stereocenters. The number of carbonyl (C=O) groups is 1. The molecule has 2 N–H and O–H groups in total. The van der Waals surface area contributed by atoms with Crippen LogP contribution in [0.2, 0.25) is 0 Å². The van der Waals surface area contributed by atoms with E-state index in [0.29, 0.717) is 25.1 Å². The van der Waals surface area contributed by atoms with Crippen molar-refractivity contribution in [3.8, 4) is 0 Å². The van der Waals surface area contributed by atoms with Crippen molar-refractivity contribution in [2.45, 2.75) is 38.0 Å². The number of benzene rings is 1. The SMILES string of the molecule is C=C(C)CN(CC)C(=O)c1cc2c(c(S(N)(=O)=O)c1)CCC2. The van der Waals surface area contributed by atoms with E-state index in [9.17, 15) is 13.2 Å². The summed E-state index contributed by atoms with van der Waals surface area (Å²) in [7, 11) is -3.83. The predicted octanol–water partition coefficient (Wildman–Crippen LogP) is 1.86. The third kappa shape index (κ3) is 3.39. The Morgan fingerprint density at radius 1 is 1.36 bits per heavy atom. The second-order valence-electron chi connectivity index (χ2n) is 5.79. The third-order valence-electron chi connectivity index (χ3n) is 3.86. The van der Waals surface area contributed by atoms with E-state index in [0.717, 1.165) is 29.5 Å². The summed E-state index contributed by atoms with van der Waals surface area (Å²) in [6, 6.07) is 3.23. The van der Waals surface area contributed by atoms with Crippen LogP contribution in [0.5, 0.6) is 0 Å². The van der Waals surface area contributed by atoms with E-state index < -0.39 is 10.0 Å². The van der Waals surface area contributed by atoms with Crippen LogP contribution in [0.3, 0.4) is 0 Å². The molecule has 0 spiro atoms. The monoisotopic (exact) mass is 322 g/mol. The lowest BCUT2D eigenvalue weighted by molar-refractivity contribution is 0.0778. The van der Waals surface area contributed by atoms with Gasteiger partial charge in [0.15, 0.2) is 0 Å². The minimum absolute atomic E-state index is 0.0947. The molecule has 0 saturated carbocycles. The van der Waals surface area contributed by atoms with Gasteiger partial charge >= 0.3 is 0 Å². The van der Waals surface area contributed by atoms with Gasteiger partial charge in [-0.05, 0) is 56.4 Å². The summed E-state index contributed by atoms with van der Waals surface area (Å²) in [5.41, 5.74) is 2.94. The van der Waals surface area contributed by atoms with Crippen molar-refractivity contribution in [3.63, 3.8) is 0 Å². The Bertz CT molecular complexity index is 723. The van der Waals surface area contributed by atoms with E-state index in [1.807, 2.05) is 13.8 Å². The highest BCUT2D eigenvalue weighted by Crippen LogP contribution is 2.30. The zero-order chi connectivity index (χ0) is 16.5. The summed E-state index contributed by atoms with van der Waals surface area (Å²) >= 11 is 0. The molecule has 6 heteroatoms. The summed E-state index contributed by atoms with van der Waals surface area (Å²) in [6.45, 7) is 8.55. The van der Waals surface area contributed by atoms with Crippen LogP contribution in [0.25, 0.3) is 0 Å². The van der Waals surface area contributed by atoms with Gasteiger partial charge in [-0.1, -0.05) is 12.2 Å². The summed E-state index contributed by atoms with van der Waals surface area (Å²) in [5, 5.41) is 5.32. The molecule has 0 fully saturated rings. The second kappa shape index (κ2) is 6.22. The fraction of sp³-hybridized carbons (Fsp3) is 0.438. The summed E-state index contributed by atoms with van der Waals surface area (Å²) in [5.74, 6) is -0.190. The summed E-state index contributed by atoms with van der Waals surface area (Å²) in [6.07, 6.45) is 2.36. The average Bonchev–Trinajstić information content (AvgIpc) is 2.89. The maximum absolute atomic E-state index is 12.6. The second-order valence-corrected chi connectivity index (χ2v) is 7.32. The molecule has 1 amide bonds. The van der Waals surface area contributed by atoms with Gasteiger partial charge in [-0.25, -0.2) is 13.6 Å². The van der Waals surface area contributed by atoms with Gasteiger partial charge in [0.1, 0.15) is 0 Å². The van der Waals surface area contributed by atoms with Crippen LogP contribution in [0.1, 0.15) is 41.8 Å². The molecule has 2 rings (SSSR count). The zero-order valence-electron chi connectivity index (χ0n) is 13.1. The first-order chi connectivity index (χ1) is 10.2. The molecule has 1 aromatic carbocycles. The van der Waals surface area contributed by atoms with E-state index in [4.69, 9.17) is 5.14 Å². The number of nitrogens with two attached hydrogens (primary N) is 1. The van der Waals surface area contributed by atoms with Gasteiger partial charge in [-0.3, -0.25) is 4.79 Å². The van der Waals surface area contributed by atoms with Crippen LogP contribution in [0, 0.1) is 0 Å². The summed E-state index contributed by atoms with van der Waals surface area (Å²) in [4.78, 5) is 14.4. The quantitative estimate of drug-likeness (QED) is 0.840. The first-order valence-corrected chi connectivity index (χ1v) is 8.91. The number of likely N-dealkylation sites (N-methyl/N-ethyl adjacent to an activating group) is 1.